The molecule has 114 valence electrons. The summed E-state index contributed by atoms with van der Waals surface area (Å²) in [4.78, 5) is 36.1. The number of hydrogen-bond donors (Lipinski definition) is 2. The summed E-state index contributed by atoms with van der Waals surface area (Å²) >= 11 is 0. The van der Waals surface area contributed by atoms with Crippen LogP contribution < -0.4 is 5.32 Å². The molecule has 0 aromatic carbocycles. The summed E-state index contributed by atoms with van der Waals surface area (Å²) in [5, 5.41) is 11.2. The van der Waals surface area contributed by atoms with Gasteiger partial charge in [-0.2, -0.15) is 0 Å². The number of hydrogen-bond acceptors (Lipinski definition) is 4. The number of methoxy groups -OCH3 is 1. The van der Waals surface area contributed by atoms with Crippen molar-refractivity contribution in [3.8, 4) is 0 Å². The molecule has 2 amide bonds. The Balaban J connectivity index is 2.82. The molecule has 0 aromatic heterocycles. The van der Waals surface area contributed by atoms with E-state index in [9.17, 15) is 14.4 Å². The Labute approximate surface area is 118 Å². The van der Waals surface area contributed by atoms with Crippen LogP contribution >= 0.6 is 0 Å². The van der Waals surface area contributed by atoms with E-state index in [1.54, 1.807) is 11.9 Å². The molecule has 1 fully saturated rings. The molecular weight excluding hydrogens is 264 g/mol. The highest BCUT2D eigenvalue weighted by atomic mass is 16.5. The van der Waals surface area contributed by atoms with Gasteiger partial charge in [-0.15, -0.1) is 0 Å². The average molecular weight is 286 g/mol. The average Bonchev–Trinajstić information content (AvgIpc) is 2.79. The molecule has 0 aromatic rings. The third kappa shape index (κ3) is 3.93. The Morgan fingerprint density at radius 1 is 1.35 bits per heavy atom. The molecule has 1 saturated heterocycles. The number of carbonyl (C=O) groups excluding carboxylic acids is 2. The van der Waals surface area contributed by atoms with Crippen molar-refractivity contribution in [2.24, 2.45) is 0 Å². The summed E-state index contributed by atoms with van der Waals surface area (Å²) in [6.07, 6.45) is 1.41. The predicted octanol–water partition coefficient (Wildman–Crippen LogP) is -0.00510. The fourth-order valence-electron chi connectivity index (χ4n) is 2.72. The van der Waals surface area contributed by atoms with Gasteiger partial charge in [0.1, 0.15) is 0 Å². The lowest BCUT2D eigenvalue weighted by atomic mass is 9.92. The third-order valence-corrected chi connectivity index (χ3v) is 3.63. The van der Waals surface area contributed by atoms with Crippen LogP contribution in [0.15, 0.2) is 0 Å². The van der Waals surface area contributed by atoms with Gasteiger partial charge >= 0.3 is 5.97 Å². The van der Waals surface area contributed by atoms with E-state index >= 15 is 0 Å². The minimum absolute atomic E-state index is 0.0471. The first-order valence-corrected chi connectivity index (χ1v) is 6.67. The molecule has 0 bridgehead atoms. The highest BCUT2D eigenvalue weighted by molar-refractivity contribution is 5.83. The number of carbonyl (C=O) groups is 3. The molecule has 0 aliphatic carbocycles. The van der Waals surface area contributed by atoms with Crippen LogP contribution in [0.3, 0.4) is 0 Å². The lowest BCUT2D eigenvalue weighted by Gasteiger charge is -2.37. The van der Waals surface area contributed by atoms with Gasteiger partial charge in [0, 0.05) is 27.1 Å². The first kappa shape index (κ1) is 16.4. The molecule has 2 N–H and O–H groups in total. The fraction of sp³-hybridized carbons (Fsp3) is 0.769. The van der Waals surface area contributed by atoms with Crippen molar-refractivity contribution in [3.63, 3.8) is 0 Å². The number of rotatable bonds is 7. The summed E-state index contributed by atoms with van der Waals surface area (Å²) < 4.78 is 5.19. The normalized spacial score (nSPS) is 21.8. The van der Waals surface area contributed by atoms with Gasteiger partial charge < -0.3 is 20.1 Å². The van der Waals surface area contributed by atoms with E-state index in [1.165, 1.54) is 7.11 Å². The van der Waals surface area contributed by atoms with Crippen molar-refractivity contribution >= 4 is 17.8 Å². The molecule has 7 nitrogen and oxygen atoms in total. The largest absolute Gasteiger partial charge is 0.481 e. The Bertz CT molecular complexity index is 385. The molecule has 0 saturated carbocycles. The van der Waals surface area contributed by atoms with E-state index in [4.69, 9.17) is 9.84 Å². The number of ether oxygens (including phenoxy) is 1. The van der Waals surface area contributed by atoms with E-state index in [0.717, 1.165) is 6.42 Å². The second kappa shape index (κ2) is 7.23. The van der Waals surface area contributed by atoms with E-state index in [2.05, 4.69) is 5.32 Å². The monoisotopic (exact) mass is 286 g/mol. The van der Waals surface area contributed by atoms with Gasteiger partial charge in [0.15, 0.2) is 0 Å². The Morgan fingerprint density at radius 3 is 2.60 bits per heavy atom. The molecule has 1 atom stereocenters. The third-order valence-electron chi connectivity index (χ3n) is 3.63. The summed E-state index contributed by atoms with van der Waals surface area (Å²) in [6, 6.07) is 0. The summed E-state index contributed by atoms with van der Waals surface area (Å²) in [5.74, 6) is -1.38. The smallest absolute Gasteiger partial charge is 0.303 e. The van der Waals surface area contributed by atoms with Crippen LogP contribution in [-0.4, -0.2) is 60.6 Å². The quantitative estimate of drug-likeness (QED) is 0.686. The molecule has 1 aliphatic rings. The van der Waals surface area contributed by atoms with Gasteiger partial charge in [-0.25, -0.2) is 0 Å². The van der Waals surface area contributed by atoms with Gasteiger partial charge in [0.25, 0.3) is 0 Å². The Kier molecular flexibility index (Phi) is 5.94. The zero-order valence-corrected chi connectivity index (χ0v) is 12.0. The van der Waals surface area contributed by atoms with Gasteiger partial charge in [-0.1, -0.05) is 0 Å². The van der Waals surface area contributed by atoms with Crippen molar-refractivity contribution in [1.29, 1.82) is 0 Å². The molecule has 20 heavy (non-hydrogen) atoms. The summed E-state index contributed by atoms with van der Waals surface area (Å²) in [6.45, 7) is 0.817. The fourth-order valence-corrected chi connectivity index (χ4v) is 2.72. The number of carboxylic acid groups (broad SMARTS) is 1. The van der Waals surface area contributed by atoms with Crippen molar-refractivity contribution in [1.82, 2.24) is 10.2 Å². The number of carboxylic acids is 1. The van der Waals surface area contributed by atoms with Crippen LogP contribution in [0.5, 0.6) is 0 Å². The minimum atomic E-state index is -0.999. The molecular formula is C13H22N2O5. The van der Waals surface area contributed by atoms with Crippen LogP contribution in [-0.2, 0) is 19.1 Å². The van der Waals surface area contributed by atoms with Crippen molar-refractivity contribution in [2.75, 3.05) is 27.3 Å². The van der Waals surface area contributed by atoms with Crippen LogP contribution in [0.25, 0.3) is 0 Å². The van der Waals surface area contributed by atoms with Gasteiger partial charge in [0.05, 0.1) is 25.0 Å². The molecule has 0 spiro atoms. The number of likely N-dealkylation sites (tertiary alicyclic amines) is 1. The number of nitrogens with zero attached hydrogens (tertiary/aromatic N) is 1. The molecule has 0 radical (unpaired) electrons. The van der Waals surface area contributed by atoms with Gasteiger partial charge in [-0.3, -0.25) is 14.4 Å². The van der Waals surface area contributed by atoms with Crippen LogP contribution in [0.4, 0.5) is 0 Å². The first-order valence-electron chi connectivity index (χ1n) is 6.67. The highest BCUT2D eigenvalue weighted by Crippen LogP contribution is 2.33. The number of amides is 2. The number of nitrogens with one attached hydrogen (secondary N) is 1. The first-order chi connectivity index (χ1) is 9.45. The van der Waals surface area contributed by atoms with E-state index in [-0.39, 0.29) is 37.7 Å². The topological polar surface area (TPSA) is 95.9 Å². The lowest BCUT2D eigenvalue weighted by molar-refractivity contribution is -0.144. The summed E-state index contributed by atoms with van der Waals surface area (Å²) in [5.41, 5.74) is -0.648. The van der Waals surface area contributed by atoms with Gasteiger partial charge in [-0.05, 0) is 12.8 Å². The van der Waals surface area contributed by atoms with Crippen molar-refractivity contribution in [3.05, 3.63) is 0 Å². The van der Waals surface area contributed by atoms with Crippen molar-refractivity contribution < 1.29 is 24.2 Å². The highest BCUT2D eigenvalue weighted by Gasteiger charge is 2.44. The SMILES string of the molecule is CNC(=O)CC1(COC)CCCN1C(=O)CCC(=O)O. The maximum absolute atomic E-state index is 12.2. The molecule has 1 heterocycles. The second-order valence-corrected chi connectivity index (χ2v) is 5.05. The molecule has 1 unspecified atom stereocenters. The Hall–Kier alpha value is -1.63. The van der Waals surface area contributed by atoms with E-state index in [0.29, 0.717) is 13.0 Å². The zero-order valence-electron chi connectivity index (χ0n) is 12.0. The van der Waals surface area contributed by atoms with Crippen LogP contribution in [0.1, 0.15) is 32.1 Å². The van der Waals surface area contributed by atoms with E-state index < -0.39 is 11.5 Å². The maximum atomic E-state index is 12.2. The zero-order chi connectivity index (χ0) is 15.2. The Morgan fingerprint density at radius 2 is 2.05 bits per heavy atom. The van der Waals surface area contributed by atoms with Crippen LogP contribution in [0.2, 0.25) is 0 Å². The predicted molar refractivity (Wildman–Crippen MR) is 71.1 cm³/mol. The summed E-state index contributed by atoms with van der Waals surface area (Å²) in [7, 11) is 3.08. The standard InChI is InChI=1S/C13H22N2O5/c1-14-10(16)8-13(9-20-2)6-3-7-15(13)11(17)4-5-12(18)19/h3-9H2,1-2H3,(H,14,16)(H,18,19). The molecule has 1 aliphatic heterocycles. The van der Waals surface area contributed by atoms with E-state index in [1.807, 2.05) is 0 Å². The maximum Gasteiger partial charge on any atom is 0.303 e. The lowest BCUT2D eigenvalue weighted by Crippen LogP contribution is -2.52. The van der Waals surface area contributed by atoms with Gasteiger partial charge in [0.2, 0.25) is 11.8 Å². The van der Waals surface area contributed by atoms with Crippen LogP contribution in [0, 0.1) is 0 Å². The van der Waals surface area contributed by atoms with Crippen molar-refractivity contribution in [2.45, 2.75) is 37.6 Å². The molecule has 7 heteroatoms. The minimum Gasteiger partial charge on any atom is -0.481 e. The second-order valence-electron chi connectivity index (χ2n) is 5.05. The number of aliphatic carboxylic acids is 1. The molecule has 1 rings (SSSR count).